The maximum absolute atomic E-state index is 12.6. The number of hydrogen-bond donors (Lipinski definition) is 2. The Labute approximate surface area is 156 Å². The molecule has 2 aromatic heterocycles. The van der Waals surface area contributed by atoms with Crippen molar-refractivity contribution < 1.29 is 18.6 Å². The van der Waals surface area contributed by atoms with Gasteiger partial charge in [-0.05, 0) is 57.6 Å². The lowest BCUT2D eigenvalue weighted by Crippen LogP contribution is -2.22. The molecule has 0 radical (unpaired) electrons. The lowest BCUT2D eigenvalue weighted by Gasteiger charge is -2.20. The highest BCUT2D eigenvalue weighted by Gasteiger charge is 2.61. The van der Waals surface area contributed by atoms with Gasteiger partial charge < -0.3 is 15.6 Å². The number of nitrogens with zero attached hydrogens (tertiary/aromatic N) is 3. The van der Waals surface area contributed by atoms with Gasteiger partial charge >= 0.3 is 6.61 Å². The van der Waals surface area contributed by atoms with E-state index in [2.05, 4.69) is 28.7 Å². The van der Waals surface area contributed by atoms with E-state index in [4.69, 9.17) is 5.73 Å². The summed E-state index contributed by atoms with van der Waals surface area (Å²) < 4.78 is 31.6. The van der Waals surface area contributed by atoms with Gasteiger partial charge in [-0.2, -0.15) is 13.9 Å². The van der Waals surface area contributed by atoms with Gasteiger partial charge in [-0.25, -0.2) is 4.98 Å². The van der Waals surface area contributed by atoms with E-state index in [-0.39, 0.29) is 17.6 Å². The Hall–Kier alpha value is -2.22. The summed E-state index contributed by atoms with van der Waals surface area (Å²) in [6.07, 6.45) is 3.12. The lowest BCUT2D eigenvalue weighted by atomic mass is 9.95. The zero-order valence-electron chi connectivity index (χ0n) is 15.6. The molecule has 2 fully saturated rings. The van der Waals surface area contributed by atoms with Crippen molar-refractivity contribution in [1.29, 1.82) is 0 Å². The van der Waals surface area contributed by atoms with Gasteiger partial charge in [-0.15, -0.1) is 0 Å². The van der Waals surface area contributed by atoms with Crippen LogP contribution >= 0.6 is 0 Å². The molecule has 2 aliphatic carbocycles. The molecule has 3 N–H and O–H groups in total. The minimum absolute atomic E-state index is 0.0819. The molecule has 0 spiro atoms. The number of ether oxygens (including phenoxy) is 1. The van der Waals surface area contributed by atoms with Crippen molar-refractivity contribution in [2.75, 3.05) is 5.73 Å². The van der Waals surface area contributed by atoms with E-state index in [1.807, 2.05) is 17.7 Å². The van der Waals surface area contributed by atoms with E-state index in [1.54, 1.807) is 0 Å². The van der Waals surface area contributed by atoms with Crippen molar-refractivity contribution in [1.82, 2.24) is 14.8 Å². The van der Waals surface area contributed by atoms with Crippen LogP contribution in [0.1, 0.15) is 51.3 Å². The Morgan fingerprint density at radius 2 is 1.96 bits per heavy atom. The maximum Gasteiger partial charge on any atom is 0.387 e. The van der Waals surface area contributed by atoms with Crippen LogP contribution in [0.5, 0.6) is 5.75 Å². The van der Waals surface area contributed by atoms with E-state index in [9.17, 15) is 13.9 Å². The third-order valence-corrected chi connectivity index (χ3v) is 5.67. The minimum Gasteiger partial charge on any atom is -0.431 e. The summed E-state index contributed by atoms with van der Waals surface area (Å²) in [4.78, 5) is 3.97. The molecule has 4 rings (SSSR count). The van der Waals surface area contributed by atoms with Gasteiger partial charge in [0, 0.05) is 29.4 Å². The number of fused-ring (bicyclic) bond motifs is 1. The molecule has 2 saturated carbocycles. The first kappa shape index (κ1) is 18.2. The number of hydrogen-bond acceptors (Lipinski definition) is 5. The van der Waals surface area contributed by atoms with Gasteiger partial charge in [0.25, 0.3) is 0 Å². The molecular weight excluding hydrogens is 354 g/mol. The third kappa shape index (κ3) is 3.26. The number of nitrogen functional groups attached to an aromatic ring is 1. The van der Waals surface area contributed by atoms with Gasteiger partial charge in [0.05, 0.1) is 11.3 Å². The van der Waals surface area contributed by atoms with E-state index in [0.29, 0.717) is 29.0 Å². The molecule has 0 amide bonds. The quantitative estimate of drug-likeness (QED) is 0.830. The molecule has 2 aromatic rings. The average molecular weight is 378 g/mol. The summed E-state index contributed by atoms with van der Waals surface area (Å²) in [5.74, 6) is 1.10. The number of rotatable bonds is 5. The highest BCUT2D eigenvalue weighted by Crippen LogP contribution is 2.66. The highest BCUT2D eigenvalue weighted by atomic mass is 19.3. The van der Waals surface area contributed by atoms with Crippen LogP contribution in [-0.4, -0.2) is 32.1 Å². The number of aliphatic hydroxyl groups is 1. The van der Waals surface area contributed by atoms with E-state index in [0.717, 1.165) is 18.5 Å². The van der Waals surface area contributed by atoms with Gasteiger partial charge in [0.2, 0.25) is 0 Å². The zero-order valence-corrected chi connectivity index (χ0v) is 15.6. The van der Waals surface area contributed by atoms with Gasteiger partial charge in [-0.3, -0.25) is 4.68 Å². The number of aromatic nitrogens is 3. The smallest absolute Gasteiger partial charge is 0.387 e. The summed E-state index contributed by atoms with van der Waals surface area (Å²) in [7, 11) is 0. The molecule has 27 heavy (non-hydrogen) atoms. The number of halogens is 2. The maximum atomic E-state index is 12.6. The Kier molecular flexibility index (Phi) is 4.14. The lowest BCUT2D eigenvalue weighted by molar-refractivity contribution is -0.0494. The molecule has 0 bridgehead atoms. The van der Waals surface area contributed by atoms with Gasteiger partial charge in [0.1, 0.15) is 0 Å². The van der Waals surface area contributed by atoms with Crippen molar-refractivity contribution >= 4 is 5.82 Å². The summed E-state index contributed by atoms with van der Waals surface area (Å²) >= 11 is 0. The van der Waals surface area contributed by atoms with Gasteiger partial charge in [-0.1, -0.05) is 0 Å². The molecule has 2 heterocycles. The third-order valence-electron chi connectivity index (χ3n) is 5.67. The summed E-state index contributed by atoms with van der Waals surface area (Å²) in [5.41, 5.74) is 7.42. The molecule has 4 atom stereocenters. The average Bonchev–Trinajstić information content (AvgIpc) is 2.94. The van der Waals surface area contributed by atoms with Crippen LogP contribution in [0.4, 0.5) is 14.6 Å². The zero-order chi connectivity index (χ0) is 19.5. The minimum atomic E-state index is -2.97. The van der Waals surface area contributed by atoms with Crippen molar-refractivity contribution in [3.63, 3.8) is 0 Å². The molecule has 0 saturated heterocycles. The fourth-order valence-corrected chi connectivity index (χ4v) is 4.54. The Balaban J connectivity index is 1.66. The van der Waals surface area contributed by atoms with Crippen molar-refractivity contribution in [3.05, 3.63) is 24.0 Å². The molecule has 0 aliphatic heterocycles. The molecule has 6 nitrogen and oxygen atoms in total. The number of pyridine rings is 1. The van der Waals surface area contributed by atoms with Gasteiger partial charge in [0.15, 0.2) is 11.6 Å². The monoisotopic (exact) mass is 378 g/mol. The second-order valence-corrected chi connectivity index (χ2v) is 8.24. The number of alkyl halides is 2. The predicted octanol–water partition coefficient (Wildman–Crippen LogP) is 3.58. The number of nitrogens with two attached hydrogens (primary N) is 1. The summed E-state index contributed by atoms with van der Waals surface area (Å²) in [6, 6.07) is 3.61. The van der Waals surface area contributed by atoms with Crippen molar-refractivity contribution in [2.45, 2.75) is 57.8 Å². The van der Waals surface area contributed by atoms with Crippen LogP contribution in [-0.2, 0) is 0 Å². The van der Waals surface area contributed by atoms with Crippen LogP contribution in [0.2, 0.25) is 0 Å². The normalized spacial score (nSPS) is 29.4. The highest BCUT2D eigenvalue weighted by molar-refractivity contribution is 5.64. The number of anilines is 1. The summed E-state index contributed by atoms with van der Waals surface area (Å²) in [5, 5.41) is 14.9. The van der Waals surface area contributed by atoms with Crippen LogP contribution < -0.4 is 10.5 Å². The van der Waals surface area contributed by atoms with Crippen molar-refractivity contribution in [2.24, 2.45) is 11.8 Å². The Bertz CT molecular complexity index is 851. The Morgan fingerprint density at radius 3 is 2.56 bits per heavy atom. The predicted molar refractivity (Wildman–Crippen MR) is 96.5 cm³/mol. The first-order valence-electron chi connectivity index (χ1n) is 9.19. The Morgan fingerprint density at radius 1 is 1.30 bits per heavy atom. The van der Waals surface area contributed by atoms with E-state index >= 15 is 0 Å². The second kappa shape index (κ2) is 6.15. The van der Waals surface area contributed by atoms with E-state index < -0.39 is 12.2 Å². The first-order valence-corrected chi connectivity index (χ1v) is 9.19. The molecule has 8 heteroatoms. The first-order chi connectivity index (χ1) is 12.7. The summed E-state index contributed by atoms with van der Waals surface area (Å²) in [6.45, 7) is 3.04. The molecule has 2 unspecified atom stereocenters. The molecule has 146 valence electrons. The van der Waals surface area contributed by atoms with E-state index in [1.165, 1.54) is 12.3 Å². The SMILES string of the molecule is CC(C)n1nc(-c2cnc(N)c(OC(F)F)c2)cc1C1[C@H]2CC(C)(O)C[C@@H]12. The molecular formula is C19H24F2N4O2. The second-order valence-electron chi connectivity index (χ2n) is 8.24. The van der Waals surface area contributed by atoms with Crippen LogP contribution in [0.25, 0.3) is 11.3 Å². The topological polar surface area (TPSA) is 86.2 Å². The van der Waals surface area contributed by atoms with Crippen LogP contribution in [0.3, 0.4) is 0 Å². The van der Waals surface area contributed by atoms with Crippen LogP contribution in [0, 0.1) is 11.8 Å². The van der Waals surface area contributed by atoms with Crippen LogP contribution in [0.15, 0.2) is 18.3 Å². The standard InChI is InChI=1S/C19H24F2N4O2/c1-9(2)25-14(16-11-6-19(3,26)7-12(11)16)5-13(24-25)10-4-15(27-18(20)21)17(22)23-8-10/h4-5,8-9,11-12,16,18,26H,6-7H2,1-3H3,(H2,22,23)/t11-,12+,16?,19?. The van der Waals surface area contributed by atoms with Crippen molar-refractivity contribution in [3.8, 4) is 17.0 Å². The largest absolute Gasteiger partial charge is 0.431 e. The molecule has 0 aromatic carbocycles. The molecule has 2 aliphatic rings. The fraction of sp³-hybridized carbons (Fsp3) is 0.579. The fourth-order valence-electron chi connectivity index (χ4n) is 4.54.